The van der Waals surface area contributed by atoms with E-state index in [1.165, 1.54) is 23.7 Å². The fourth-order valence-electron chi connectivity index (χ4n) is 2.20. The summed E-state index contributed by atoms with van der Waals surface area (Å²) in [6.07, 6.45) is 5.91. The second-order valence-electron chi connectivity index (χ2n) is 5.24. The Hall–Kier alpha value is -2.12. The van der Waals surface area contributed by atoms with Gasteiger partial charge in [0.15, 0.2) is 5.69 Å². The van der Waals surface area contributed by atoms with Crippen molar-refractivity contribution in [1.29, 1.82) is 0 Å². The smallest absolute Gasteiger partial charge is 0.358 e. The molecular weight excluding hydrogens is 274 g/mol. The molecule has 116 valence electrons. The number of likely N-dealkylation sites (tertiary alicyclic amines) is 1. The summed E-state index contributed by atoms with van der Waals surface area (Å²) in [6, 6.07) is -0.0576. The number of rotatable bonds is 7. The first-order valence-electron chi connectivity index (χ1n) is 7.29. The number of carbonyl (C=O) groups is 2. The molecule has 0 unspecified atom stereocenters. The summed E-state index contributed by atoms with van der Waals surface area (Å²) in [4.78, 5) is 24.2. The number of nitrogens with one attached hydrogen (secondary N) is 1. The van der Waals surface area contributed by atoms with Gasteiger partial charge in [-0.3, -0.25) is 0 Å². The van der Waals surface area contributed by atoms with E-state index < -0.39 is 5.97 Å². The van der Waals surface area contributed by atoms with Crippen molar-refractivity contribution in [2.75, 3.05) is 19.6 Å². The molecule has 0 atom stereocenters. The van der Waals surface area contributed by atoms with Crippen LogP contribution in [0.2, 0.25) is 0 Å². The molecule has 0 saturated carbocycles. The number of aromatic carboxylic acids is 1. The van der Waals surface area contributed by atoms with Crippen LogP contribution in [0.5, 0.6) is 0 Å². The van der Waals surface area contributed by atoms with E-state index in [1.54, 1.807) is 4.90 Å². The fourth-order valence-corrected chi connectivity index (χ4v) is 2.20. The lowest BCUT2D eigenvalue weighted by atomic mass is 10.1. The summed E-state index contributed by atoms with van der Waals surface area (Å²) in [5, 5.41) is 19.0. The first-order chi connectivity index (χ1) is 10.1. The van der Waals surface area contributed by atoms with Gasteiger partial charge >= 0.3 is 12.0 Å². The van der Waals surface area contributed by atoms with Crippen LogP contribution in [0.25, 0.3) is 0 Å². The molecule has 2 N–H and O–H groups in total. The Bertz CT molecular complexity index is 496. The zero-order valence-electron chi connectivity index (χ0n) is 12.2. The maximum absolute atomic E-state index is 11.8. The molecule has 0 aliphatic carbocycles. The number of hydrogen-bond acceptors (Lipinski definition) is 4. The van der Waals surface area contributed by atoms with E-state index in [9.17, 15) is 9.59 Å². The molecule has 8 heteroatoms. The topological polar surface area (TPSA) is 100 Å². The summed E-state index contributed by atoms with van der Waals surface area (Å²) in [5.41, 5.74) is -0.0752. The molecule has 0 spiro atoms. The predicted octanol–water partition coefficient (Wildman–Crippen LogP) is 1.12. The quantitative estimate of drug-likeness (QED) is 0.734. The number of carboxylic acids is 1. The van der Waals surface area contributed by atoms with Crippen molar-refractivity contribution in [1.82, 2.24) is 25.2 Å². The van der Waals surface area contributed by atoms with Gasteiger partial charge in [0.05, 0.1) is 12.2 Å². The van der Waals surface area contributed by atoms with Gasteiger partial charge in [0.25, 0.3) is 0 Å². The average molecular weight is 295 g/mol. The zero-order valence-corrected chi connectivity index (χ0v) is 12.2. The van der Waals surface area contributed by atoms with Crippen molar-refractivity contribution >= 4 is 12.0 Å². The number of unbranched alkanes of at least 4 members (excludes halogenated alkanes) is 3. The molecule has 8 nitrogen and oxygen atoms in total. The van der Waals surface area contributed by atoms with Crippen LogP contribution in [0.15, 0.2) is 6.20 Å². The van der Waals surface area contributed by atoms with Crippen molar-refractivity contribution in [2.24, 2.45) is 0 Å². The number of urea groups is 1. The van der Waals surface area contributed by atoms with Crippen LogP contribution >= 0.6 is 0 Å². The lowest BCUT2D eigenvalue weighted by Crippen LogP contribution is -2.54. The van der Waals surface area contributed by atoms with Gasteiger partial charge in [-0.2, -0.15) is 0 Å². The highest BCUT2D eigenvalue weighted by atomic mass is 16.4. The van der Waals surface area contributed by atoms with Gasteiger partial charge in [-0.1, -0.05) is 31.4 Å². The normalized spacial score (nSPS) is 14.8. The van der Waals surface area contributed by atoms with Gasteiger partial charge in [0.2, 0.25) is 0 Å². The van der Waals surface area contributed by atoms with Gasteiger partial charge in [-0.25, -0.2) is 14.3 Å². The summed E-state index contributed by atoms with van der Waals surface area (Å²) >= 11 is 0. The van der Waals surface area contributed by atoms with Crippen LogP contribution in [-0.2, 0) is 0 Å². The first-order valence-corrected chi connectivity index (χ1v) is 7.29. The van der Waals surface area contributed by atoms with Crippen LogP contribution in [0.4, 0.5) is 4.79 Å². The molecule has 21 heavy (non-hydrogen) atoms. The van der Waals surface area contributed by atoms with Crippen LogP contribution in [0, 0.1) is 0 Å². The molecule has 1 aromatic rings. The molecule has 0 bridgehead atoms. The summed E-state index contributed by atoms with van der Waals surface area (Å²) in [7, 11) is 0. The third-order valence-corrected chi connectivity index (χ3v) is 3.56. The van der Waals surface area contributed by atoms with E-state index in [0.717, 1.165) is 12.8 Å². The lowest BCUT2D eigenvalue weighted by molar-refractivity contribution is 0.0690. The number of nitrogens with zero attached hydrogens (tertiary/aromatic N) is 4. The number of aromatic nitrogens is 3. The van der Waals surface area contributed by atoms with E-state index in [1.807, 2.05) is 0 Å². The van der Waals surface area contributed by atoms with Crippen molar-refractivity contribution < 1.29 is 14.7 Å². The minimum atomic E-state index is -1.10. The number of carboxylic acid groups (broad SMARTS) is 1. The third kappa shape index (κ3) is 3.93. The van der Waals surface area contributed by atoms with Gasteiger partial charge < -0.3 is 15.3 Å². The summed E-state index contributed by atoms with van der Waals surface area (Å²) < 4.78 is 1.51. The molecule has 2 heterocycles. The molecular formula is C13H21N5O3. The maximum atomic E-state index is 11.8. The number of hydrogen-bond donors (Lipinski definition) is 2. The van der Waals surface area contributed by atoms with Crippen LogP contribution in [-0.4, -0.2) is 56.6 Å². The van der Waals surface area contributed by atoms with E-state index in [2.05, 4.69) is 22.6 Å². The monoisotopic (exact) mass is 295 g/mol. The van der Waals surface area contributed by atoms with Crippen molar-refractivity contribution in [3.8, 4) is 0 Å². The summed E-state index contributed by atoms with van der Waals surface area (Å²) in [5.74, 6) is -1.10. The van der Waals surface area contributed by atoms with Crippen LogP contribution < -0.4 is 5.32 Å². The number of carbonyl (C=O) groups excluding carboxylic acids is 1. The Labute approximate surface area is 123 Å². The third-order valence-electron chi connectivity index (χ3n) is 3.56. The van der Waals surface area contributed by atoms with E-state index in [0.29, 0.717) is 19.6 Å². The lowest BCUT2D eigenvalue weighted by Gasteiger charge is -2.38. The molecule has 1 fully saturated rings. The highest BCUT2D eigenvalue weighted by molar-refractivity contribution is 5.84. The Morgan fingerprint density at radius 3 is 2.76 bits per heavy atom. The molecule has 0 aromatic carbocycles. The van der Waals surface area contributed by atoms with Crippen LogP contribution in [0.3, 0.4) is 0 Å². The Kier molecular flexibility index (Phi) is 5.13. The van der Waals surface area contributed by atoms with Gasteiger partial charge in [0.1, 0.15) is 0 Å². The number of amides is 2. The molecule has 1 aliphatic heterocycles. The Balaban J connectivity index is 1.68. The summed E-state index contributed by atoms with van der Waals surface area (Å²) in [6.45, 7) is 3.91. The highest BCUT2D eigenvalue weighted by Crippen LogP contribution is 2.20. The largest absolute Gasteiger partial charge is 0.476 e. The van der Waals surface area contributed by atoms with Gasteiger partial charge in [-0.15, -0.1) is 5.10 Å². The predicted molar refractivity (Wildman–Crippen MR) is 75.1 cm³/mol. The molecule has 1 aliphatic rings. The average Bonchev–Trinajstić information content (AvgIpc) is 2.86. The SMILES string of the molecule is CCCCCCNC(=O)N1CC(n2cc(C(=O)O)nn2)C1. The molecule has 0 radical (unpaired) electrons. The van der Waals surface area contributed by atoms with E-state index in [4.69, 9.17) is 5.11 Å². The molecule has 1 aromatic heterocycles. The first kappa shape index (κ1) is 15.3. The second-order valence-corrected chi connectivity index (χ2v) is 5.24. The zero-order chi connectivity index (χ0) is 15.2. The Morgan fingerprint density at radius 2 is 2.14 bits per heavy atom. The van der Waals surface area contributed by atoms with Crippen LogP contribution in [0.1, 0.15) is 49.1 Å². The molecule has 2 amide bonds. The van der Waals surface area contributed by atoms with Crippen molar-refractivity contribution in [2.45, 2.75) is 38.6 Å². The minimum Gasteiger partial charge on any atom is -0.476 e. The van der Waals surface area contributed by atoms with Gasteiger partial charge in [0, 0.05) is 19.6 Å². The highest BCUT2D eigenvalue weighted by Gasteiger charge is 2.32. The van der Waals surface area contributed by atoms with Crippen molar-refractivity contribution in [3.05, 3.63) is 11.9 Å². The van der Waals surface area contributed by atoms with E-state index >= 15 is 0 Å². The van der Waals surface area contributed by atoms with Gasteiger partial charge in [-0.05, 0) is 6.42 Å². The van der Waals surface area contributed by atoms with E-state index in [-0.39, 0.29) is 17.8 Å². The fraction of sp³-hybridized carbons (Fsp3) is 0.692. The maximum Gasteiger partial charge on any atom is 0.358 e. The minimum absolute atomic E-state index is 0.0106. The molecule has 2 rings (SSSR count). The molecule has 1 saturated heterocycles. The second kappa shape index (κ2) is 7.05. The standard InChI is InChI=1S/C13H21N5O3/c1-2-3-4-5-6-14-13(21)17-7-10(8-17)18-9-11(12(19)20)15-16-18/h9-10H,2-8H2,1H3,(H,14,21)(H,19,20). The Morgan fingerprint density at radius 1 is 1.38 bits per heavy atom. The van der Waals surface area contributed by atoms with Crippen molar-refractivity contribution in [3.63, 3.8) is 0 Å².